The Morgan fingerprint density at radius 2 is 2.00 bits per heavy atom. The maximum Gasteiger partial charge on any atom is 0.282 e. The van der Waals surface area contributed by atoms with Crippen LogP contribution in [0.25, 0.3) is 0 Å². The van der Waals surface area contributed by atoms with Gasteiger partial charge >= 0.3 is 0 Å². The van der Waals surface area contributed by atoms with Crippen molar-refractivity contribution < 1.29 is 4.79 Å². The van der Waals surface area contributed by atoms with Crippen LogP contribution in [-0.2, 0) is 4.79 Å². The van der Waals surface area contributed by atoms with Gasteiger partial charge < -0.3 is 0 Å². The second kappa shape index (κ2) is 3.98. The van der Waals surface area contributed by atoms with E-state index in [1.807, 2.05) is 11.4 Å². The fourth-order valence-electron chi connectivity index (χ4n) is 0.764. The minimum atomic E-state index is 0.249. The van der Waals surface area contributed by atoms with Gasteiger partial charge in [-0.15, -0.1) is 0 Å². The predicted octanol–water partition coefficient (Wildman–Crippen LogP) is 1.68. The second-order valence-electron chi connectivity index (χ2n) is 3.52. The van der Waals surface area contributed by atoms with Crippen LogP contribution in [0.2, 0.25) is 0 Å². The van der Waals surface area contributed by atoms with Gasteiger partial charge in [0.2, 0.25) is 0 Å². The van der Waals surface area contributed by atoms with Crippen molar-refractivity contribution in [1.82, 2.24) is 4.31 Å². The van der Waals surface area contributed by atoms with Crippen LogP contribution < -0.4 is 0 Å². The van der Waals surface area contributed by atoms with Gasteiger partial charge in [-0.25, -0.2) is 4.31 Å². The maximum atomic E-state index is 9.90. The van der Waals surface area contributed by atoms with Crippen LogP contribution in [-0.4, -0.2) is 23.5 Å². The predicted molar refractivity (Wildman–Crippen MR) is 45.4 cm³/mol. The zero-order valence-corrected chi connectivity index (χ0v) is 7.79. The quantitative estimate of drug-likeness (QED) is 0.586. The molecule has 0 saturated heterocycles. The number of carbonyl (C=O) groups excluding carboxylic acids is 1. The van der Waals surface area contributed by atoms with E-state index in [0.29, 0.717) is 0 Å². The molecule has 0 aromatic rings. The van der Waals surface area contributed by atoms with E-state index in [1.54, 1.807) is 5.62 Å². The van der Waals surface area contributed by atoms with Crippen LogP contribution in [0.1, 0.15) is 20.8 Å². The van der Waals surface area contributed by atoms with Crippen LogP contribution in [0.5, 0.6) is 0 Å². The number of hydrogen-bond acceptors (Lipinski definition) is 3. The van der Waals surface area contributed by atoms with Gasteiger partial charge in [0.05, 0.1) is 0 Å². The van der Waals surface area contributed by atoms with Gasteiger partial charge in [0.1, 0.15) is 0 Å². The van der Waals surface area contributed by atoms with E-state index in [9.17, 15) is 4.79 Å². The Labute approximate surface area is 67.1 Å². The molecule has 0 aliphatic carbocycles. The molecule has 0 rings (SSSR count). The summed E-state index contributed by atoms with van der Waals surface area (Å²) in [5.74, 6) is 0. The Balaban J connectivity index is 3.56. The first-order chi connectivity index (χ1) is 4.45. The van der Waals surface area contributed by atoms with Crippen LogP contribution in [0.3, 0.4) is 0 Å². The van der Waals surface area contributed by atoms with E-state index in [2.05, 4.69) is 20.8 Å². The summed E-state index contributed by atoms with van der Waals surface area (Å²) in [6.07, 6.45) is 0. The van der Waals surface area contributed by atoms with Crippen LogP contribution in [0.4, 0.5) is 0 Å². The highest BCUT2D eigenvalue weighted by molar-refractivity contribution is 8.09. The molecule has 2 nitrogen and oxygen atoms in total. The van der Waals surface area contributed by atoms with E-state index in [4.69, 9.17) is 0 Å². The monoisotopic (exact) mass is 160 g/mol. The molecule has 0 N–H and O–H groups in total. The summed E-state index contributed by atoms with van der Waals surface area (Å²) in [4.78, 5) is 9.90. The van der Waals surface area contributed by atoms with Gasteiger partial charge in [0, 0.05) is 18.5 Å². The average Bonchev–Trinajstić information content (AvgIpc) is 1.59. The summed E-state index contributed by atoms with van der Waals surface area (Å²) in [7, 11) is 1.89. The number of hydrogen-bond donors (Lipinski definition) is 0. The van der Waals surface area contributed by atoms with E-state index in [1.165, 1.54) is 0 Å². The highest BCUT2D eigenvalue weighted by atomic mass is 32.2. The van der Waals surface area contributed by atoms with Crippen molar-refractivity contribution in [3.8, 4) is 0 Å². The molecule has 0 aliphatic heterocycles. The SMILES string of the molecule is CN(CC(C)(C)C)S[C]=O. The highest BCUT2D eigenvalue weighted by Crippen LogP contribution is 2.17. The average molecular weight is 160 g/mol. The summed E-state index contributed by atoms with van der Waals surface area (Å²) >= 11 is 1.09. The molecule has 0 aromatic heterocycles. The molecular weight excluding hydrogens is 146 g/mol. The first-order valence-electron chi connectivity index (χ1n) is 3.21. The Kier molecular flexibility index (Phi) is 3.98. The normalized spacial score (nSPS) is 12.1. The lowest BCUT2D eigenvalue weighted by Crippen LogP contribution is -2.23. The molecule has 3 heteroatoms. The summed E-state index contributed by atoms with van der Waals surface area (Å²) in [5.41, 5.74) is 2.03. The molecule has 1 radical (unpaired) electrons. The van der Waals surface area contributed by atoms with Gasteiger partial charge in [-0.05, 0) is 12.5 Å². The van der Waals surface area contributed by atoms with Crippen molar-refractivity contribution in [1.29, 1.82) is 0 Å². The van der Waals surface area contributed by atoms with Crippen molar-refractivity contribution in [2.75, 3.05) is 13.6 Å². The number of rotatable bonds is 3. The summed E-state index contributed by atoms with van der Waals surface area (Å²) < 4.78 is 1.88. The molecule has 0 spiro atoms. The third-order valence-corrected chi connectivity index (χ3v) is 1.41. The van der Waals surface area contributed by atoms with Crippen LogP contribution in [0, 0.1) is 5.41 Å². The van der Waals surface area contributed by atoms with Crippen molar-refractivity contribution in [2.24, 2.45) is 5.41 Å². The van der Waals surface area contributed by atoms with E-state index in [0.717, 1.165) is 18.5 Å². The largest absolute Gasteiger partial charge is 0.282 e. The van der Waals surface area contributed by atoms with Crippen molar-refractivity contribution in [3.63, 3.8) is 0 Å². The highest BCUT2D eigenvalue weighted by Gasteiger charge is 2.13. The van der Waals surface area contributed by atoms with Gasteiger partial charge in [0.15, 0.2) is 0 Å². The zero-order valence-electron chi connectivity index (χ0n) is 6.97. The van der Waals surface area contributed by atoms with E-state index in [-0.39, 0.29) is 5.41 Å². The Morgan fingerprint density at radius 1 is 1.50 bits per heavy atom. The molecule has 0 bridgehead atoms. The Bertz CT molecular complexity index is 109. The second-order valence-corrected chi connectivity index (χ2v) is 4.49. The van der Waals surface area contributed by atoms with Gasteiger partial charge in [-0.2, -0.15) is 0 Å². The van der Waals surface area contributed by atoms with E-state index >= 15 is 0 Å². The summed E-state index contributed by atoms with van der Waals surface area (Å²) in [5, 5.41) is 0. The minimum Gasteiger partial charge on any atom is -0.276 e. The van der Waals surface area contributed by atoms with Crippen molar-refractivity contribution in [2.45, 2.75) is 20.8 Å². The molecule has 0 fully saturated rings. The molecule has 59 valence electrons. The fraction of sp³-hybridized carbons (Fsp3) is 0.857. The topological polar surface area (TPSA) is 20.3 Å². The van der Waals surface area contributed by atoms with Crippen LogP contribution >= 0.6 is 11.9 Å². The first kappa shape index (κ1) is 9.98. The Hall–Kier alpha value is -0.0200. The standard InChI is InChI=1S/C7H14NOS/c1-7(2,3)5-8(4)10-6-9/h5H2,1-4H3. The summed E-state index contributed by atoms with van der Waals surface area (Å²) in [6, 6.07) is 0. The Morgan fingerprint density at radius 3 is 2.30 bits per heavy atom. The molecule has 0 saturated carbocycles. The molecule has 10 heavy (non-hydrogen) atoms. The molecular formula is C7H14NOS. The van der Waals surface area contributed by atoms with Gasteiger partial charge in [-0.3, -0.25) is 4.79 Å². The van der Waals surface area contributed by atoms with E-state index < -0.39 is 0 Å². The smallest absolute Gasteiger partial charge is 0.276 e. The number of nitrogens with zero attached hydrogens (tertiary/aromatic N) is 1. The molecule has 0 amide bonds. The third-order valence-electron chi connectivity index (χ3n) is 0.890. The van der Waals surface area contributed by atoms with Crippen molar-refractivity contribution >= 4 is 17.6 Å². The van der Waals surface area contributed by atoms with Crippen LogP contribution in [0.15, 0.2) is 0 Å². The minimum absolute atomic E-state index is 0.249. The zero-order chi connectivity index (χ0) is 8.20. The molecule has 0 unspecified atom stereocenters. The van der Waals surface area contributed by atoms with Gasteiger partial charge in [-0.1, -0.05) is 20.8 Å². The lowest BCUT2D eigenvalue weighted by molar-refractivity contribution is 0.329. The van der Waals surface area contributed by atoms with Crippen molar-refractivity contribution in [3.05, 3.63) is 0 Å². The molecule has 0 heterocycles. The fourth-order valence-corrected chi connectivity index (χ4v) is 1.34. The molecule has 0 atom stereocenters. The van der Waals surface area contributed by atoms with Gasteiger partial charge in [0.25, 0.3) is 5.62 Å². The third kappa shape index (κ3) is 6.11. The first-order valence-corrected chi connectivity index (χ1v) is 3.98. The molecule has 0 aliphatic rings. The lowest BCUT2D eigenvalue weighted by Gasteiger charge is -2.23. The maximum absolute atomic E-state index is 9.90. The molecule has 0 aromatic carbocycles. The summed E-state index contributed by atoms with van der Waals surface area (Å²) in [6.45, 7) is 7.30. The lowest BCUT2D eigenvalue weighted by atomic mass is 9.97.